The van der Waals surface area contributed by atoms with Crippen molar-refractivity contribution in [3.05, 3.63) is 82.6 Å². The first-order valence-corrected chi connectivity index (χ1v) is 9.48. The number of benzene rings is 2. The predicted octanol–water partition coefficient (Wildman–Crippen LogP) is 4.52. The quantitative estimate of drug-likeness (QED) is 0.648. The summed E-state index contributed by atoms with van der Waals surface area (Å²) >= 11 is 6.32. The third-order valence-corrected chi connectivity index (χ3v) is 5.16. The minimum atomic E-state index is -0.461. The van der Waals surface area contributed by atoms with Gasteiger partial charge in [0.05, 0.1) is 36.2 Å². The fourth-order valence-corrected chi connectivity index (χ4v) is 3.69. The summed E-state index contributed by atoms with van der Waals surface area (Å²) < 4.78 is 10.8. The van der Waals surface area contributed by atoms with Crippen LogP contribution in [0.4, 0.5) is 5.69 Å². The molecule has 0 saturated carbocycles. The van der Waals surface area contributed by atoms with E-state index in [0.717, 1.165) is 5.56 Å². The Bertz CT molecular complexity index is 1040. The lowest BCUT2D eigenvalue weighted by atomic mass is 10.2. The van der Waals surface area contributed by atoms with Crippen LogP contribution >= 0.6 is 11.6 Å². The molecule has 1 amide bonds. The number of halogens is 1. The highest BCUT2D eigenvalue weighted by Gasteiger charge is 2.38. The number of nitrogens with one attached hydrogen (secondary N) is 1. The number of aromatic nitrogens is 1. The molecule has 1 atom stereocenters. The van der Waals surface area contributed by atoms with Crippen LogP contribution in [-0.4, -0.2) is 30.0 Å². The average molecular weight is 410 g/mol. The molecule has 0 aliphatic carbocycles. The smallest absolute Gasteiger partial charge is 0.258 e. The van der Waals surface area contributed by atoms with Crippen LogP contribution in [0.25, 0.3) is 0 Å². The Morgan fingerprint density at radius 1 is 1.07 bits per heavy atom. The van der Waals surface area contributed by atoms with E-state index in [1.54, 1.807) is 49.6 Å². The van der Waals surface area contributed by atoms with Crippen LogP contribution < -0.4 is 14.8 Å². The number of hydrogen-bond acceptors (Lipinski definition) is 5. The Kier molecular flexibility index (Phi) is 5.27. The number of rotatable bonds is 6. The third-order valence-electron chi connectivity index (χ3n) is 4.86. The molecule has 2 aromatic carbocycles. The van der Waals surface area contributed by atoms with Gasteiger partial charge < -0.3 is 19.7 Å². The number of carbonyl (C=O) groups is 1. The van der Waals surface area contributed by atoms with Crippen LogP contribution in [0.1, 0.15) is 27.8 Å². The highest BCUT2D eigenvalue weighted by molar-refractivity contribution is 6.32. The van der Waals surface area contributed by atoms with Gasteiger partial charge in [0.15, 0.2) is 0 Å². The fraction of sp³-hybridized carbons (Fsp3) is 0.182. The molecule has 29 heavy (non-hydrogen) atoms. The van der Waals surface area contributed by atoms with Crippen LogP contribution in [0.2, 0.25) is 5.02 Å². The summed E-state index contributed by atoms with van der Waals surface area (Å²) in [5.41, 5.74) is 2.93. The van der Waals surface area contributed by atoms with Gasteiger partial charge in [0, 0.05) is 18.8 Å². The summed E-state index contributed by atoms with van der Waals surface area (Å²) in [4.78, 5) is 19.3. The molecule has 0 unspecified atom stereocenters. The topological polar surface area (TPSA) is 63.7 Å². The summed E-state index contributed by atoms with van der Waals surface area (Å²) in [5.74, 6) is 0.993. The molecule has 0 bridgehead atoms. The molecule has 0 saturated heterocycles. The molecule has 6 nitrogen and oxygen atoms in total. The van der Waals surface area contributed by atoms with Crippen LogP contribution in [0.3, 0.4) is 0 Å². The molecule has 4 rings (SSSR count). The maximum atomic E-state index is 13.1. The number of ether oxygens (including phenoxy) is 2. The van der Waals surface area contributed by atoms with E-state index < -0.39 is 6.17 Å². The number of carbonyl (C=O) groups excluding carboxylic acids is 1. The van der Waals surface area contributed by atoms with Gasteiger partial charge in [0.25, 0.3) is 5.91 Å². The summed E-state index contributed by atoms with van der Waals surface area (Å²) in [6.45, 7) is 0.444. The van der Waals surface area contributed by atoms with Gasteiger partial charge in [-0.3, -0.25) is 9.78 Å². The molecular weight excluding hydrogens is 390 g/mol. The number of hydrogen-bond donors (Lipinski definition) is 1. The van der Waals surface area contributed by atoms with Crippen molar-refractivity contribution in [3.8, 4) is 11.5 Å². The zero-order chi connectivity index (χ0) is 20.4. The minimum Gasteiger partial charge on any atom is -0.495 e. The Morgan fingerprint density at radius 3 is 2.55 bits per heavy atom. The first-order chi connectivity index (χ1) is 14.1. The zero-order valence-corrected chi connectivity index (χ0v) is 16.8. The number of nitrogens with zero attached hydrogens (tertiary/aromatic N) is 2. The molecule has 1 aromatic heterocycles. The van der Waals surface area contributed by atoms with Crippen molar-refractivity contribution in [1.29, 1.82) is 0 Å². The molecule has 2 heterocycles. The van der Waals surface area contributed by atoms with Gasteiger partial charge in [-0.2, -0.15) is 0 Å². The van der Waals surface area contributed by atoms with Gasteiger partial charge in [0.1, 0.15) is 17.7 Å². The SMILES string of the molecule is COc1cc(OC)c(N[C@H]2c3ncccc3C(=O)N2Cc2ccccc2)cc1Cl. The number of fused-ring (bicyclic) bond motifs is 1. The highest BCUT2D eigenvalue weighted by atomic mass is 35.5. The number of anilines is 1. The van der Waals surface area contributed by atoms with Crippen LogP contribution in [0.15, 0.2) is 60.8 Å². The Morgan fingerprint density at radius 2 is 1.83 bits per heavy atom. The highest BCUT2D eigenvalue weighted by Crippen LogP contribution is 2.40. The number of methoxy groups -OCH3 is 2. The lowest BCUT2D eigenvalue weighted by Crippen LogP contribution is -2.32. The van der Waals surface area contributed by atoms with Gasteiger partial charge in [-0.25, -0.2) is 0 Å². The third kappa shape index (κ3) is 3.59. The Hall–Kier alpha value is -3.25. The molecule has 0 spiro atoms. The largest absolute Gasteiger partial charge is 0.495 e. The summed E-state index contributed by atoms with van der Waals surface area (Å²) in [7, 11) is 3.12. The molecule has 0 radical (unpaired) electrons. The van der Waals surface area contributed by atoms with Gasteiger partial charge in [-0.15, -0.1) is 0 Å². The van der Waals surface area contributed by atoms with Gasteiger partial charge >= 0.3 is 0 Å². The second-order valence-electron chi connectivity index (χ2n) is 6.59. The van der Waals surface area contributed by atoms with E-state index in [2.05, 4.69) is 10.3 Å². The second kappa shape index (κ2) is 8.01. The lowest BCUT2D eigenvalue weighted by molar-refractivity contribution is 0.0727. The molecule has 148 valence electrons. The zero-order valence-electron chi connectivity index (χ0n) is 16.1. The average Bonchev–Trinajstić information content (AvgIpc) is 3.01. The monoisotopic (exact) mass is 409 g/mol. The van der Waals surface area contributed by atoms with E-state index in [0.29, 0.717) is 40.0 Å². The van der Waals surface area contributed by atoms with E-state index in [-0.39, 0.29) is 5.91 Å². The molecule has 3 aromatic rings. The lowest BCUT2D eigenvalue weighted by Gasteiger charge is -2.27. The normalized spacial score (nSPS) is 15.2. The first kappa shape index (κ1) is 19.1. The molecule has 7 heteroatoms. The van der Waals surface area contributed by atoms with E-state index in [1.807, 2.05) is 30.3 Å². The summed E-state index contributed by atoms with van der Waals surface area (Å²) in [5, 5.41) is 3.83. The predicted molar refractivity (Wildman–Crippen MR) is 111 cm³/mol. The van der Waals surface area contributed by atoms with E-state index >= 15 is 0 Å². The standard InChI is InChI=1S/C22H20ClN3O3/c1-28-18-12-19(29-2)17(11-16(18)23)25-21-20-15(9-6-10-24-20)22(27)26(21)13-14-7-4-3-5-8-14/h3-12,21,25H,13H2,1-2H3/t21-/m1/s1. The van der Waals surface area contributed by atoms with Crippen molar-refractivity contribution in [2.75, 3.05) is 19.5 Å². The Labute approximate surface area is 174 Å². The Balaban J connectivity index is 1.73. The van der Waals surface area contributed by atoms with E-state index in [1.165, 1.54) is 0 Å². The number of amides is 1. The maximum Gasteiger partial charge on any atom is 0.258 e. The molecule has 1 N–H and O–H groups in total. The van der Waals surface area contributed by atoms with Crippen molar-refractivity contribution in [3.63, 3.8) is 0 Å². The van der Waals surface area contributed by atoms with E-state index in [9.17, 15) is 4.79 Å². The van der Waals surface area contributed by atoms with Crippen molar-refractivity contribution in [2.45, 2.75) is 12.7 Å². The van der Waals surface area contributed by atoms with E-state index in [4.69, 9.17) is 21.1 Å². The second-order valence-corrected chi connectivity index (χ2v) is 7.00. The molecule has 1 aliphatic rings. The van der Waals surface area contributed by atoms with Gasteiger partial charge in [-0.05, 0) is 23.8 Å². The minimum absolute atomic E-state index is 0.0759. The summed E-state index contributed by atoms with van der Waals surface area (Å²) in [6, 6.07) is 16.8. The van der Waals surface area contributed by atoms with Gasteiger partial charge in [0.2, 0.25) is 0 Å². The molecule has 0 fully saturated rings. The van der Waals surface area contributed by atoms with Crippen molar-refractivity contribution in [1.82, 2.24) is 9.88 Å². The van der Waals surface area contributed by atoms with Gasteiger partial charge in [-0.1, -0.05) is 41.9 Å². The van der Waals surface area contributed by atoms with Crippen LogP contribution in [0, 0.1) is 0 Å². The van der Waals surface area contributed by atoms with Crippen molar-refractivity contribution >= 4 is 23.2 Å². The fourth-order valence-electron chi connectivity index (χ4n) is 3.45. The van der Waals surface area contributed by atoms with Crippen LogP contribution in [-0.2, 0) is 6.54 Å². The molecular formula is C22H20ClN3O3. The molecule has 1 aliphatic heterocycles. The summed E-state index contributed by atoms with van der Waals surface area (Å²) in [6.07, 6.45) is 1.22. The van der Waals surface area contributed by atoms with Crippen LogP contribution in [0.5, 0.6) is 11.5 Å². The van der Waals surface area contributed by atoms with Crippen molar-refractivity contribution in [2.24, 2.45) is 0 Å². The first-order valence-electron chi connectivity index (χ1n) is 9.10. The number of pyridine rings is 1. The van der Waals surface area contributed by atoms with Crippen molar-refractivity contribution < 1.29 is 14.3 Å². The maximum absolute atomic E-state index is 13.1.